The predicted molar refractivity (Wildman–Crippen MR) is 82.8 cm³/mol. The molecule has 0 bridgehead atoms. The van der Waals surface area contributed by atoms with Gasteiger partial charge in [-0.15, -0.1) is 11.3 Å². The SMILES string of the molecule is CCCNc1ncnc(NCCc2nccs2)c1Br. The van der Waals surface area contributed by atoms with Crippen LogP contribution in [0, 0.1) is 0 Å². The van der Waals surface area contributed by atoms with Gasteiger partial charge in [-0.05, 0) is 22.4 Å². The van der Waals surface area contributed by atoms with E-state index in [1.807, 2.05) is 11.6 Å². The van der Waals surface area contributed by atoms with Crippen LogP contribution in [0.3, 0.4) is 0 Å². The van der Waals surface area contributed by atoms with Gasteiger partial charge in [-0.1, -0.05) is 6.92 Å². The first kappa shape index (κ1) is 14.2. The van der Waals surface area contributed by atoms with Crippen molar-refractivity contribution in [3.63, 3.8) is 0 Å². The van der Waals surface area contributed by atoms with Gasteiger partial charge in [0.25, 0.3) is 0 Å². The van der Waals surface area contributed by atoms with E-state index in [0.717, 1.165) is 47.0 Å². The second kappa shape index (κ2) is 7.40. The van der Waals surface area contributed by atoms with Gasteiger partial charge in [0.1, 0.15) is 22.4 Å². The van der Waals surface area contributed by atoms with Crippen molar-refractivity contribution < 1.29 is 0 Å². The maximum absolute atomic E-state index is 4.25. The van der Waals surface area contributed by atoms with Gasteiger partial charge in [-0.3, -0.25) is 0 Å². The van der Waals surface area contributed by atoms with Crippen molar-refractivity contribution in [3.8, 4) is 0 Å². The first-order valence-electron chi connectivity index (χ1n) is 6.18. The number of nitrogens with one attached hydrogen (secondary N) is 2. The molecular formula is C12H16BrN5S. The van der Waals surface area contributed by atoms with Crippen molar-refractivity contribution in [2.24, 2.45) is 0 Å². The third-order valence-electron chi connectivity index (χ3n) is 2.45. The van der Waals surface area contributed by atoms with Crippen LogP contribution in [0.15, 0.2) is 22.4 Å². The van der Waals surface area contributed by atoms with E-state index >= 15 is 0 Å². The molecule has 0 aliphatic heterocycles. The smallest absolute Gasteiger partial charge is 0.145 e. The number of halogens is 1. The second-order valence-electron chi connectivity index (χ2n) is 3.91. The average molecular weight is 342 g/mol. The van der Waals surface area contributed by atoms with E-state index in [1.165, 1.54) is 0 Å². The second-order valence-corrected chi connectivity index (χ2v) is 5.69. The van der Waals surface area contributed by atoms with Crippen molar-refractivity contribution in [1.82, 2.24) is 15.0 Å². The van der Waals surface area contributed by atoms with E-state index in [-0.39, 0.29) is 0 Å². The molecule has 2 aromatic rings. The van der Waals surface area contributed by atoms with Crippen LogP contribution in [0.1, 0.15) is 18.4 Å². The van der Waals surface area contributed by atoms with E-state index < -0.39 is 0 Å². The summed E-state index contributed by atoms with van der Waals surface area (Å²) in [5.74, 6) is 1.64. The summed E-state index contributed by atoms with van der Waals surface area (Å²) in [4.78, 5) is 12.7. The molecular weight excluding hydrogens is 326 g/mol. The molecule has 0 aliphatic carbocycles. The number of aromatic nitrogens is 3. The summed E-state index contributed by atoms with van der Waals surface area (Å²) in [7, 11) is 0. The summed E-state index contributed by atoms with van der Waals surface area (Å²) in [5, 5.41) is 9.67. The van der Waals surface area contributed by atoms with Crippen LogP contribution in [0.25, 0.3) is 0 Å². The molecule has 0 saturated heterocycles. The molecule has 0 fully saturated rings. The Bertz CT molecular complexity index is 503. The van der Waals surface area contributed by atoms with E-state index in [0.29, 0.717) is 0 Å². The van der Waals surface area contributed by atoms with E-state index in [1.54, 1.807) is 17.7 Å². The van der Waals surface area contributed by atoms with E-state index in [9.17, 15) is 0 Å². The topological polar surface area (TPSA) is 62.7 Å². The molecule has 7 heteroatoms. The Hall–Kier alpha value is -1.21. The quantitative estimate of drug-likeness (QED) is 0.809. The molecule has 0 aliphatic rings. The van der Waals surface area contributed by atoms with Crippen LogP contribution in [-0.4, -0.2) is 28.0 Å². The minimum absolute atomic E-state index is 0.802. The van der Waals surface area contributed by atoms with Crippen molar-refractivity contribution in [2.75, 3.05) is 23.7 Å². The molecule has 0 saturated carbocycles. The molecule has 0 radical (unpaired) electrons. The molecule has 2 rings (SSSR count). The summed E-state index contributed by atoms with van der Waals surface area (Å²) in [6.07, 6.45) is 5.34. The Morgan fingerprint density at radius 2 is 1.89 bits per heavy atom. The zero-order valence-electron chi connectivity index (χ0n) is 10.7. The van der Waals surface area contributed by atoms with Gasteiger partial charge in [0.05, 0.1) is 5.01 Å². The average Bonchev–Trinajstić information content (AvgIpc) is 2.92. The highest BCUT2D eigenvalue weighted by Gasteiger charge is 2.07. The molecule has 0 amide bonds. The fourth-order valence-corrected chi connectivity index (χ4v) is 2.63. The van der Waals surface area contributed by atoms with Crippen LogP contribution in [0.2, 0.25) is 0 Å². The number of nitrogens with zero attached hydrogens (tertiary/aromatic N) is 3. The summed E-state index contributed by atoms with van der Waals surface area (Å²) < 4.78 is 0.877. The first-order valence-corrected chi connectivity index (χ1v) is 7.85. The molecule has 0 spiro atoms. The minimum atomic E-state index is 0.802. The van der Waals surface area contributed by atoms with Crippen LogP contribution >= 0.6 is 27.3 Å². The van der Waals surface area contributed by atoms with Gasteiger partial charge in [-0.2, -0.15) is 0 Å². The molecule has 19 heavy (non-hydrogen) atoms. The van der Waals surface area contributed by atoms with Gasteiger partial charge < -0.3 is 10.6 Å². The van der Waals surface area contributed by atoms with Gasteiger partial charge in [0.15, 0.2) is 0 Å². The highest BCUT2D eigenvalue weighted by Crippen LogP contribution is 2.26. The van der Waals surface area contributed by atoms with Crippen molar-refractivity contribution >= 4 is 38.9 Å². The van der Waals surface area contributed by atoms with Crippen LogP contribution in [-0.2, 0) is 6.42 Å². The number of rotatable bonds is 7. The predicted octanol–water partition coefficient (Wildman–Crippen LogP) is 3.17. The molecule has 102 valence electrons. The van der Waals surface area contributed by atoms with Crippen LogP contribution in [0.4, 0.5) is 11.6 Å². The number of thiazole rings is 1. The zero-order valence-corrected chi connectivity index (χ0v) is 13.1. The van der Waals surface area contributed by atoms with Crippen molar-refractivity contribution in [2.45, 2.75) is 19.8 Å². The Morgan fingerprint density at radius 1 is 1.16 bits per heavy atom. The van der Waals surface area contributed by atoms with Crippen molar-refractivity contribution in [3.05, 3.63) is 27.4 Å². The third-order valence-corrected chi connectivity index (χ3v) is 4.04. The van der Waals surface area contributed by atoms with Gasteiger partial charge in [-0.25, -0.2) is 15.0 Å². The molecule has 2 heterocycles. The highest BCUT2D eigenvalue weighted by atomic mass is 79.9. The summed E-state index contributed by atoms with van der Waals surface area (Å²) in [6, 6.07) is 0. The van der Waals surface area contributed by atoms with Gasteiger partial charge in [0, 0.05) is 31.1 Å². The number of hydrogen-bond donors (Lipinski definition) is 2. The molecule has 0 atom stereocenters. The minimum Gasteiger partial charge on any atom is -0.369 e. The highest BCUT2D eigenvalue weighted by molar-refractivity contribution is 9.10. The summed E-state index contributed by atoms with van der Waals surface area (Å²) >= 11 is 5.20. The molecule has 5 nitrogen and oxygen atoms in total. The van der Waals surface area contributed by atoms with E-state index in [4.69, 9.17) is 0 Å². The fraction of sp³-hybridized carbons (Fsp3) is 0.417. The van der Waals surface area contributed by atoms with Crippen LogP contribution in [0.5, 0.6) is 0 Å². The molecule has 2 aromatic heterocycles. The normalized spacial score (nSPS) is 10.4. The Morgan fingerprint density at radius 3 is 2.53 bits per heavy atom. The first-order chi connectivity index (χ1) is 9.31. The monoisotopic (exact) mass is 341 g/mol. The van der Waals surface area contributed by atoms with E-state index in [2.05, 4.69) is 48.4 Å². The molecule has 0 unspecified atom stereocenters. The van der Waals surface area contributed by atoms with Gasteiger partial charge in [0.2, 0.25) is 0 Å². The van der Waals surface area contributed by atoms with Gasteiger partial charge >= 0.3 is 0 Å². The van der Waals surface area contributed by atoms with Crippen molar-refractivity contribution in [1.29, 1.82) is 0 Å². The maximum atomic E-state index is 4.25. The standard InChI is InChI=1S/C12H16BrN5S/c1-2-4-15-11-10(13)12(18-8-17-11)16-5-3-9-14-6-7-19-9/h6-8H,2-5H2,1H3,(H2,15,16,17,18). The Labute approximate surface area is 125 Å². The summed E-state index contributed by atoms with van der Waals surface area (Å²) in [6.45, 7) is 3.82. The maximum Gasteiger partial charge on any atom is 0.145 e. The largest absolute Gasteiger partial charge is 0.369 e. The molecule has 2 N–H and O–H groups in total. The zero-order chi connectivity index (χ0) is 13.5. The Kier molecular flexibility index (Phi) is 5.53. The lowest BCUT2D eigenvalue weighted by molar-refractivity contribution is 0.954. The molecule has 0 aromatic carbocycles. The third kappa shape index (κ3) is 4.14. The fourth-order valence-electron chi connectivity index (χ4n) is 1.52. The van der Waals surface area contributed by atoms with Crippen LogP contribution < -0.4 is 10.6 Å². The lowest BCUT2D eigenvalue weighted by atomic mass is 10.4. The number of hydrogen-bond acceptors (Lipinski definition) is 6. The number of anilines is 2. The Balaban J connectivity index is 1.92. The lowest BCUT2D eigenvalue weighted by Crippen LogP contribution is -2.09. The lowest BCUT2D eigenvalue weighted by Gasteiger charge is -2.10. The summed E-state index contributed by atoms with van der Waals surface area (Å²) in [5.41, 5.74) is 0.